The number of rotatable bonds is 10. The number of aryl methyl sites for hydroxylation is 1. The fourth-order valence-corrected chi connectivity index (χ4v) is 6.78. The average Bonchev–Trinajstić information content (AvgIpc) is 3.49. The first-order chi connectivity index (χ1) is 21.8. The van der Waals surface area contributed by atoms with E-state index in [0.717, 1.165) is 18.4 Å². The number of likely N-dealkylation sites (tertiary alicyclic amines) is 1. The molecule has 0 radical (unpaired) electrons. The number of methoxy groups -OCH3 is 1. The van der Waals surface area contributed by atoms with Crippen LogP contribution in [0.2, 0.25) is 0 Å². The lowest BCUT2D eigenvalue weighted by molar-refractivity contribution is -0.131. The predicted octanol–water partition coefficient (Wildman–Crippen LogP) is 5.20. The first kappa shape index (κ1) is 33.1. The third kappa shape index (κ3) is 7.26. The summed E-state index contributed by atoms with van der Waals surface area (Å²) in [6.07, 6.45) is 3.36. The van der Waals surface area contributed by atoms with Gasteiger partial charge in [-0.15, -0.1) is 0 Å². The van der Waals surface area contributed by atoms with Crippen molar-refractivity contribution in [3.05, 3.63) is 59.8 Å². The van der Waals surface area contributed by atoms with E-state index in [1.165, 1.54) is 10.1 Å². The molecule has 0 aliphatic carbocycles. The lowest BCUT2D eigenvalue weighted by atomic mass is 9.86. The van der Waals surface area contributed by atoms with Crippen LogP contribution in [0, 0.1) is 6.92 Å². The van der Waals surface area contributed by atoms with E-state index in [9.17, 15) is 13.2 Å². The molecule has 1 aliphatic rings. The summed E-state index contributed by atoms with van der Waals surface area (Å²) in [5, 5.41) is 13.5. The molecule has 0 atom stereocenters. The minimum Gasteiger partial charge on any atom is -0.495 e. The van der Waals surface area contributed by atoms with Crippen LogP contribution in [0.1, 0.15) is 64.5 Å². The zero-order chi connectivity index (χ0) is 33.2. The second-order valence-electron chi connectivity index (χ2n) is 13.0. The average molecular weight is 649 g/mol. The van der Waals surface area contributed by atoms with Gasteiger partial charge in [0.25, 0.3) is 0 Å². The van der Waals surface area contributed by atoms with Crippen LogP contribution < -0.4 is 20.7 Å². The number of carbonyl (C=O) groups is 1. The number of amides is 1. The third-order valence-corrected chi connectivity index (χ3v) is 10.4. The van der Waals surface area contributed by atoms with E-state index in [1.54, 1.807) is 57.5 Å². The Bertz CT molecular complexity index is 1820. The number of para-hydroxylation sites is 1. The Morgan fingerprint density at radius 3 is 2.43 bits per heavy atom. The van der Waals surface area contributed by atoms with Gasteiger partial charge in [-0.3, -0.25) is 4.79 Å². The van der Waals surface area contributed by atoms with Gasteiger partial charge < -0.3 is 25.6 Å². The number of nitrogens with one attached hydrogen (secondary N) is 3. The zero-order valence-electron chi connectivity index (χ0n) is 27.6. The van der Waals surface area contributed by atoms with E-state index in [0.29, 0.717) is 60.2 Å². The van der Waals surface area contributed by atoms with Crippen LogP contribution in [0.5, 0.6) is 5.75 Å². The Labute approximate surface area is 270 Å². The second-order valence-corrected chi connectivity index (χ2v) is 15.5. The second kappa shape index (κ2) is 13.2. The van der Waals surface area contributed by atoms with Crippen LogP contribution in [0.25, 0.3) is 5.65 Å². The van der Waals surface area contributed by atoms with Gasteiger partial charge in [-0.2, -0.15) is 19.6 Å². The van der Waals surface area contributed by atoms with E-state index < -0.39 is 15.1 Å². The topological polar surface area (TPSA) is 143 Å². The molecular weight excluding hydrogens is 604 g/mol. The Balaban J connectivity index is 1.37. The molecule has 0 saturated carbocycles. The van der Waals surface area contributed by atoms with Crippen LogP contribution in [0.15, 0.2) is 53.6 Å². The molecule has 1 aliphatic heterocycles. The molecule has 0 spiro atoms. The molecule has 0 unspecified atom stereocenters. The van der Waals surface area contributed by atoms with Gasteiger partial charge in [0, 0.05) is 24.7 Å². The van der Waals surface area contributed by atoms with Gasteiger partial charge in [0.2, 0.25) is 17.8 Å². The summed E-state index contributed by atoms with van der Waals surface area (Å²) < 4.78 is 33.5. The molecule has 0 bridgehead atoms. The Morgan fingerprint density at radius 2 is 1.76 bits per heavy atom. The van der Waals surface area contributed by atoms with E-state index in [-0.39, 0.29) is 16.3 Å². The van der Waals surface area contributed by atoms with Crippen molar-refractivity contribution in [1.29, 1.82) is 0 Å². The third-order valence-electron chi connectivity index (χ3n) is 8.21. The van der Waals surface area contributed by atoms with Crippen molar-refractivity contribution in [2.24, 2.45) is 0 Å². The molecule has 246 valence electrons. The molecule has 1 saturated heterocycles. The SMILES string of the molecule is COc1cc(C2CCN(C(=O)CNC(C)(C)C)CC2)c(C)cc1Nc1nc(Nc2ccccc2S(=O)(=O)C(C)C)n2nccc2n1. The van der Waals surface area contributed by atoms with E-state index in [1.807, 2.05) is 11.0 Å². The Hall–Kier alpha value is -4.23. The number of piperidine rings is 1. The number of nitrogens with zero attached hydrogens (tertiary/aromatic N) is 5. The Kier molecular flexibility index (Phi) is 9.54. The van der Waals surface area contributed by atoms with Crippen molar-refractivity contribution < 1.29 is 17.9 Å². The van der Waals surface area contributed by atoms with Crippen molar-refractivity contribution in [2.75, 3.05) is 37.4 Å². The van der Waals surface area contributed by atoms with Crippen molar-refractivity contribution in [3.63, 3.8) is 0 Å². The van der Waals surface area contributed by atoms with Gasteiger partial charge in [0.05, 0.1) is 41.4 Å². The van der Waals surface area contributed by atoms with Crippen LogP contribution >= 0.6 is 0 Å². The molecule has 3 N–H and O–H groups in total. The standard InChI is InChI=1S/C33H44N8O4S/c1-21(2)46(43,44)28-11-9-8-10-25(28)37-32-39-31(38-29-12-15-35-41(29)32)36-26-18-22(3)24(19-27(26)45-7)23-13-16-40(17-14-23)30(42)20-34-33(4,5)6/h8-12,15,18-19,21,23,34H,13-14,16-17,20H2,1-7H3,(H2,36,37,38,39). The molecular formula is C33H44N8O4S. The highest BCUT2D eigenvalue weighted by atomic mass is 32.2. The van der Waals surface area contributed by atoms with Crippen molar-refractivity contribution in [3.8, 4) is 5.75 Å². The number of anilines is 4. The van der Waals surface area contributed by atoms with Crippen LogP contribution in [0.3, 0.4) is 0 Å². The van der Waals surface area contributed by atoms with Gasteiger partial charge in [-0.1, -0.05) is 12.1 Å². The minimum atomic E-state index is -3.56. The van der Waals surface area contributed by atoms with E-state index in [4.69, 9.17) is 4.74 Å². The summed E-state index contributed by atoms with van der Waals surface area (Å²) in [6, 6.07) is 12.6. The summed E-state index contributed by atoms with van der Waals surface area (Å²) in [5.41, 5.74) is 3.80. The summed E-state index contributed by atoms with van der Waals surface area (Å²) >= 11 is 0. The van der Waals surface area contributed by atoms with Crippen molar-refractivity contribution in [1.82, 2.24) is 29.8 Å². The van der Waals surface area contributed by atoms with E-state index in [2.05, 4.69) is 64.8 Å². The molecule has 46 heavy (non-hydrogen) atoms. The van der Waals surface area contributed by atoms with Crippen molar-refractivity contribution >= 4 is 44.7 Å². The normalized spacial score (nSPS) is 14.6. The predicted molar refractivity (Wildman–Crippen MR) is 180 cm³/mol. The number of carbonyl (C=O) groups excluding carboxylic acids is 1. The zero-order valence-corrected chi connectivity index (χ0v) is 28.4. The summed E-state index contributed by atoms with van der Waals surface area (Å²) in [6.45, 7) is 13.3. The molecule has 2 aromatic carbocycles. The number of hydrogen-bond acceptors (Lipinski definition) is 10. The fourth-order valence-electron chi connectivity index (χ4n) is 5.58. The lowest BCUT2D eigenvalue weighted by Gasteiger charge is -2.34. The molecule has 2 aromatic heterocycles. The van der Waals surface area contributed by atoms with Gasteiger partial charge in [-0.25, -0.2) is 8.42 Å². The molecule has 1 amide bonds. The Morgan fingerprint density at radius 1 is 1.04 bits per heavy atom. The maximum Gasteiger partial charge on any atom is 0.236 e. The van der Waals surface area contributed by atoms with Crippen LogP contribution in [-0.4, -0.2) is 76.3 Å². The molecule has 5 rings (SSSR count). The molecule has 12 nitrogen and oxygen atoms in total. The number of aromatic nitrogens is 4. The molecule has 4 aromatic rings. The molecule has 3 heterocycles. The van der Waals surface area contributed by atoms with Gasteiger partial charge >= 0.3 is 0 Å². The van der Waals surface area contributed by atoms with Crippen LogP contribution in [0.4, 0.5) is 23.3 Å². The van der Waals surface area contributed by atoms with Gasteiger partial charge in [0.15, 0.2) is 15.5 Å². The maximum absolute atomic E-state index is 13.1. The summed E-state index contributed by atoms with van der Waals surface area (Å²) in [7, 11) is -1.93. The summed E-state index contributed by atoms with van der Waals surface area (Å²) in [4.78, 5) is 24.2. The number of fused-ring (bicyclic) bond motifs is 1. The van der Waals surface area contributed by atoms with Gasteiger partial charge in [0.1, 0.15) is 5.75 Å². The quantitative estimate of drug-likeness (QED) is 0.210. The molecule has 13 heteroatoms. The highest BCUT2D eigenvalue weighted by molar-refractivity contribution is 7.92. The monoisotopic (exact) mass is 648 g/mol. The summed E-state index contributed by atoms with van der Waals surface area (Å²) in [5.74, 6) is 1.68. The number of sulfone groups is 1. The maximum atomic E-state index is 13.1. The lowest BCUT2D eigenvalue weighted by Crippen LogP contribution is -2.47. The van der Waals surface area contributed by atoms with E-state index >= 15 is 0 Å². The first-order valence-corrected chi connectivity index (χ1v) is 17.1. The highest BCUT2D eigenvalue weighted by Gasteiger charge is 2.27. The smallest absolute Gasteiger partial charge is 0.236 e. The van der Waals surface area contributed by atoms with Crippen molar-refractivity contribution in [2.45, 2.75) is 76.0 Å². The minimum absolute atomic E-state index is 0.104. The first-order valence-electron chi connectivity index (χ1n) is 15.6. The van der Waals surface area contributed by atoms with Crippen LogP contribution in [-0.2, 0) is 14.6 Å². The van der Waals surface area contributed by atoms with Gasteiger partial charge in [-0.05, 0) is 95.7 Å². The molecule has 1 fully saturated rings. The highest BCUT2D eigenvalue weighted by Crippen LogP contribution is 2.37. The fraction of sp³-hybridized carbons (Fsp3) is 0.455. The number of hydrogen-bond donors (Lipinski definition) is 3. The number of benzene rings is 2. The largest absolute Gasteiger partial charge is 0.495 e. The number of ether oxygens (including phenoxy) is 1.